The number of rotatable bonds is 5. The van der Waals surface area contributed by atoms with E-state index in [1.807, 2.05) is 0 Å². The Morgan fingerprint density at radius 2 is 1.05 bits per heavy atom. The van der Waals surface area contributed by atoms with E-state index in [2.05, 4.69) is 120 Å². The Morgan fingerprint density at radius 3 is 1.44 bits per heavy atom. The van der Waals surface area contributed by atoms with Crippen molar-refractivity contribution >= 4 is 44.4 Å². The standard InChI is InChI=1S/C38H43N5/c1-10-26-21(5)30-18-31-22(6)27(11-2)33(40-31)20-35-29(13-4)24(8)38(42-35)36(25-14-16-43(9)17-15-25)37-23(7)28(12-3)34(41-37)19-32(26)39-30/h14-20H,10-13H2,1-9H3,(H,39,40,41,42)/p+1. The van der Waals surface area contributed by atoms with Gasteiger partial charge in [0.2, 0.25) is 0 Å². The summed E-state index contributed by atoms with van der Waals surface area (Å²) < 4.78 is 2.08. The van der Waals surface area contributed by atoms with E-state index in [0.29, 0.717) is 0 Å². The summed E-state index contributed by atoms with van der Waals surface area (Å²) >= 11 is 0. The van der Waals surface area contributed by atoms with E-state index in [-0.39, 0.29) is 0 Å². The maximum atomic E-state index is 5.43. The first-order valence-electron chi connectivity index (χ1n) is 15.8. The van der Waals surface area contributed by atoms with E-state index in [1.165, 1.54) is 44.5 Å². The van der Waals surface area contributed by atoms with Gasteiger partial charge in [-0.2, -0.15) is 0 Å². The normalized spacial score (nSPS) is 13.4. The molecule has 2 aliphatic rings. The molecule has 0 aliphatic carbocycles. The average molecular weight is 571 g/mol. The van der Waals surface area contributed by atoms with Crippen molar-refractivity contribution in [2.24, 2.45) is 7.05 Å². The highest BCUT2D eigenvalue weighted by Gasteiger charge is 2.26. The summed E-state index contributed by atoms with van der Waals surface area (Å²) in [5.41, 5.74) is 21.3. The number of hydrogen-bond acceptors (Lipinski definition) is 2. The number of allylic oxidation sites excluding steroid dienone is 4. The molecule has 220 valence electrons. The van der Waals surface area contributed by atoms with Crippen LogP contribution in [0.3, 0.4) is 0 Å². The highest BCUT2D eigenvalue weighted by atomic mass is 14.9. The summed E-state index contributed by atoms with van der Waals surface area (Å²) in [6.07, 6.45) is 7.97. The lowest BCUT2D eigenvalue weighted by atomic mass is 9.94. The number of H-pyrrole nitrogens is 2. The Morgan fingerprint density at radius 1 is 0.605 bits per heavy atom. The SMILES string of the molecule is CCC1=C(C)c2nc1cc1[nH]c(cc3[nH]c(cc4nc(c2-c2cc[n+](C)cc2)C(C)=C4CC)c(CC)c3C)c(C)c1CC. The van der Waals surface area contributed by atoms with Gasteiger partial charge in [0.15, 0.2) is 12.4 Å². The van der Waals surface area contributed by atoms with Gasteiger partial charge < -0.3 is 9.97 Å². The molecule has 0 aromatic carbocycles. The van der Waals surface area contributed by atoms with Crippen LogP contribution in [0.15, 0.2) is 42.7 Å². The van der Waals surface area contributed by atoms with Crippen LogP contribution >= 0.6 is 0 Å². The van der Waals surface area contributed by atoms with Crippen LogP contribution in [0.2, 0.25) is 0 Å². The van der Waals surface area contributed by atoms with Crippen LogP contribution < -0.4 is 4.57 Å². The van der Waals surface area contributed by atoms with Crippen LogP contribution in [0.1, 0.15) is 99.4 Å². The van der Waals surface area contributed by atoms with Gasteiger partial charge in [0.05, 0.1) is 22.8 Å². The van der Waals surface area contributed by atoms with E-state index in [9.17, 15) is 0 Å². The lowest BCUT2D eigenvalue weighted by Gasteiger charge is -2.09. The second-order valence-electron chi connectivity index (χ2n) is 12.0. The van der Waals surface area contributed by atoms with E-state index in [0.717, 1.165) is 81.7 Å². The van der Waals surface area contributed by atoms with Crippen LogP contribution in [-0.4, -0.2) is 19.9 Å². The fourth-order valence-electron chi connectivity index (χ4n) is 7.11. The summed E-state index contributed by atoms with van der Waals surface area (Å²) in [7, 11) is 2.06. The minimum Gasteiger partial charge on any atom is -0.355 e. The van der Waals surface area contributed by atoms with Gasteiger partial charge in [-0.15, -0.1) is 0 Å². The van der Waals surface area contributed by atoms with Crippen molar-refractivity contribution in [2.75, 3.05) is 0 Å². The number of aromatic nitrogens is 5. The van der Waals surface area contributed by atoms with Crippen LogP contribution in [0.5, 0.6) is 0 Å². The van der Waals surface area contributed by atoms with Gasteiger partial charge >= 0.3 is 0 Å². The van der Waals surface area contributed by atoms with E-state index in [1.54, 1.807) is 0 Å². The van der Waals surface area contributed by atoms with E-state index < -0.39 is 0 Å². The number of nitrogens with zero attached hydrogens (tertiary/aromatic N) is 3. The van der Waals surface area contributed by atoms with Crippen LogP contribution in [-0.2, 0) is 19.9 Å². The second kappa shape index (κ2) is 11.1. The molecule has 43 heavy (non-hydrogen) atoms. The summed E-state index contributed by atoms with van der Waals surface area (Å²) in [5.74, 6) is 0. The van der Waals surface area contributed by atoms with Gasteiger partial charge in [-0.3, -0.25) is 0 Å². The maximum absolute atomic E-state index is 5.43. The number of aromatic amines is 2. The highest BCUT2D eigenvalue weighted by molar-refractivity contribution is 6.02. The molecule has 0 radical (unpaired) electrons. The summed E-state index contributed by atoms with van der Waals surface area (Å²) in [4.78, 5) is 18.4. The molecular weight excluding hydrogens is 526 g/mol. The Kier molecular flexibility index (Phi) is 7.45. The minimum atomic E-state index is 0.915. The minimum absolute atomic E-state index is 0.915. The zero-order valence-electron chi connectivity index (χ0n) is 27.2. The summed E-state index contributed by atoms with van der Waals surface area (Å²) in [6, 6.07) is 11.2. The second-order valence-corrected chi connectivity index (χ2v) is 12.0. The quantitative estimate of drug-likeness (QED) is 0.235. The smallest absolute Gasteiger partial charge is 0.169 e. The maximum Gasteiger partial charge on any atom is 0.169 e. The molecule has 0 amide bonds. The number of pyridine rings is 1. The molecule has 5 nitrogen and oxygen atoms in total. The first kappa shape index (κ1) is 28.9. The van der Waals surface area contributed by atoms with Crippen molar-refractivity contribution in [1.82, 2.24) is 19.9 Å². The van der Waals surface area contributed by atoms with Crippen LogP contribution in [0.25, 0.3) is 55.5 Å². The van der Waals surface area contributed by atoms with Gasteiger partial charge in [-0.05, 0) is 122 Å². The number of hydrogen-bond donors (Lipinski definition) is 2. The molecule has 4 aromatic rings. The summed E-state index contributed by atoms with van der Waals surface area (Å²) in [6.45, 7) is 17.9. The molecule has 2 N–H and O–H groups in total. The van der Waals surface area contributed by atoms with Gasteiger partial charge in [0.25, 0.3) is 0 Å². The van der Waals surface area contributed by atoms with Crippen molar-refractivity contribution < 1.29 is 4.57 Å². The fourth-order valence-corrected chi connectivity index (χ4v) is 7.11. The Hall–Kier alpha value is -4.25. The zero-order valence-corrected chi connectivity index (χ0v) is 27.2. The Labute approximate surface area is 255 Å². The molecule has 5 heteroatoms. The number of fused-ring (bicyclic) bond motifs is 8. The molecule has 0 atom stereocenters. The highest BCUT2D eigenvalue weighted by Crippen LogP contribution is 2.43. The third kappa shape index (κ3) is 4.66. The molecule has 0 saturated heterocycles. The zero-order chi connectivity index (χ0) is 30.6. The predicted molar refractivity (Wildman–Crippen MR) is 181 cm³/mol. The molecule has 0 fully saturated rings. The molecule has 0 spiro atoms. The van der Waals surface area contributed by atoms with Crippen molar-refractivity contribution in [1.29, 1.82) is 0 Å². The predicted octanol–water partition coefficient (Wildman–Crippen LogP) is 9.23. The first-order chi connectivity index (χ1) is 20.7. The lowest BCUT2D eigenvalue weighted by Crippen LogP contribution is -2.25. The van der Waals surface area contributed by atoms with Gasteiger partial charge in [-0.25, -0.2) is 14.5 Å². The summed E-state index contributed by atoms with van der Waals surface area (Å²) in [5, 5.41) is 0. The van der Waals surface area contributed by atoms with Gasteiger partial charge in [0, 0.05) is 39.8 Å². The van der Waals surface area contributed by atoms with Crippen molar-refractivity contribution in [3.63, 3.8) is 0 Å². The Balaban J connectivity index is 1.89. The molecule has 4 aromatic heterocycles. The topological polar surface area (TPSA) is 61.2 Å². The molecule has 2 aliphatic heterocycles. The largest absolute Gasteiger partial charge is 0.355 e. The van der Waals surface area contributed by atoms with Crippen molar-refractivity contribution in [2.45, 2.75) is 81.1 Å². The molecule has 0 saturated carbocycles. The third-order valence-electron chi connectivity index (χ3n) is 9.61. The number of aryl methyl sites for hydroxylation is 5. The monoisotopic (exact) mass is 570 g/mol. The molecular formula is C38H44N5+. The van der Waals surface area contributed by atoms with Crippen LogP contribution in [0.4, 0.5) is 0 Å². The molecule has 6 heterocycles. The fraction of sp³-hybridized carbons (Fsp3) is 0.342. The number of nitrogens with one attached hydrogen (secondary N) is 2. The Bertz CT molecular complexity index is 1870. The van der Waals surface area contributed by atoms with Crippen LogP contribution in [0, 0.1) is 13.8 Å². The van der Waals surface area contributed by atoms with E-state index >= 15 is 0 Å². The lowest BCUT2D eigenvalue weighted by molar-refractivity contribution is -0.671. The van der Waals surface area contributed by atoms with Gasteiger partial charge in [-0.1, -0.05) is 27.7 Å². The average Bonchev–Trinajstić information content (AvgIpc) is 3.66. The van der Waals surface area contributed by atoms with E-state index in [4.69, 9.17) is 9.97 Å². The molecule has 0 unspecified atom stereocenters. The van der Waals surface area contributed by atoms with Crippen molar-refractivity contribution in [3.05, 3.63) is 87.8 Å². The van der Waals surface area contributed by atoms with Gasteiger partial charge in [0.1, 0.15) is 7.05 Å². The first-order valence-corrected chi connectivity index (χ1v) is 15.8. The molecule has 8 bridgehead atoms. The molecule has 6 rings (SSSR count). The third-order valence-corrected chi connectivity index (χ3v) is 9.61. The van der Waals surface area contributed by atoms with Crippen molar-refractivity contribution in [3.8, 4) is 11.1 Å².